The molecule has 0 saturated heterocycles. The van der Waals surface area contributed by atoms with Gasteiger partial charge >= 0.3 is 5.97 Å². The number of amides is 3. The van der Waals surface area contributed by atoms with E-state index in [9.17, 15) is 24.0 Å². The number of ether oxygens (including phenoxy) is 1. The van der Waals surface area contributed by atoms with E-state index in [1.807, 2.05) is 19.9 Å². The molecular formula is C39H66N4O6S. The number of thioether (sulfide) groups is 1. The van der Waals surface area contributed by atoms with Crippen molar-refractivity contribution in [1.82, 2.24) is 14.7 Å². The third kappa shape index (κ3) is 10.9. The Kier molecular flexibility index (Phi) is 15.8. The van der Waals surface area contributed by atoms with Crippen molar-refractivity contribution < 1.29 is 28.7 Å². The summed E-state index contributed by atoms with van der Waals surface area (Å²) in [4.78, 5) is 77.6. The summed E-state index contributed by atoms with van der Waals surface area (Å²) in [6.45, 7) is 23.5. The molecule has 0 aromatic heterocycles. The van der Waals surface area contributed by atoms with E-state index in [2.05, 4.69) is 41.5 Å². The molecule has 284 valence electrons. The van der Waals surface area contributed by atoms with Crippen molar-refractivity contribution in [3.8, 4) is 0 Å². The van der Waals surface area contributed by atoms with Crippen LogP contribution in [-0.2, 0) is 28.7 Å². The van der Waals surface area contributed by atoms with Crippen molar-refractivity contribution in [2.75, 3.05) is 26.9 Å². The monoisotopic (exact) mass is 718 g/mol. The van der Waals surface area contributed by atoms with E-state index in [4.69, 9.17) is 9.73 Å². The van der Waals surface area contributed by atoms with E-state index in [-0.39, 0.29) is 59.3 Å². The molecule has 0 N–H and O–H groups in total. The fraction of sp³-hybridized carbons (Fsp3) is 0.795. The van der Waals surface area contributed by atoms with Gasteiger partial charge in [0, 0.05) is 45.2 Å². The molecule has 10 nitrogen and oxygen atoms in total. The van der Waals surface area contributed by atoms with Crippen molar-refractivity contribution in [3.05, 3.63) is 11.6 Å². The van der Waals surface area contributed by atoms with Crippen LogP contribution in [0.5, 0.6) is 0 Å². The SMILES string of the molecule is CC[C@H](C)C1C(=O)N(C)[C@@H](C)C(=O)O[C@H](C(C)(C)C)C[C@@H](C)C[C@H](C)[C@@H](C)C2=N[C@@H](/C=C(\C)C(=O)C[C@@H](C)C(=O)N(C)[C@@H](C)C(=O)N1C)CS2. The van der Waals surface area contributed by atoms with Gasteiger partial charge in [0.1, 0.15) is 24.2 Å². The minimum absolute atomic E-state index is 0.0202. The maximum atomic E-state index is 14.1. The Hall–Kier alpha value is -2.69. The van der Waals surface area contributed by atoms with E-state index < -0.39 is 35.9 Å². The Morgan fingerprint density at radius 3 is 2.02 bits per heavy atom. The molecule has 2 aliphatic heterocycles. The average molecular weight is 719 g/mol. The van der Waals surface area contributed by atoms with E-state index in [1.165, 1.54) is 14.7 Å². The number of likely N-dealkylation sites (N-methyl/N-ethyl adjacent to an activating group) is 3. The number of aliphatic imine (C=N–C) groups is 1. The number of ketones is 1. The number of carbonyl (C=O) groups is 5. The summed E-state index contributed by atoms with van der Waals surface area (Å²) in [6, 6.07) is -2.73. The number of allylic oxidation sites excluding steroid dienone is 1. The fourth-order valence-electron chi connectivity index (χ4n) is 6.72. The number of nitrogens with zero attached hydrogens (tertiary/aromatic N) is 4. The van der Waals surface area contributed by atoms with Crippen molar-refractivity contribution in [3.63, 3.8) is 0 Å². The summed E-state index contributed by atoms with van der Waals surface area (Å²) in [5.74, 6) is -0.973. The summed E-state index contributed by atoms with van der Waals surface area (Å²) in [7, 11) is 4.71. The zero-order valence-corrected chi connectivity index (χ0v) is 34.3. The third-order valence-electron chi connectivity index (χ3n) is 11.1. The predicted octanol–water partition coefficient (Wildman–Crippen LogP) is 6.27. The van der Waals surface area contributed by atoms with Crippen LogP contribution in [0.3, 0.4) is 0 Å². The first-order chi connectivity index (χ1) is 23.0. The molecule has 0 fully saturated rings. The second-order valence-electron chi connectivity index (χ2n) is 16.4. The van der Waals surface area contributed by atoms with Crippen LogP contribution in [0.4, 0.5) is 0 Å². The van der Waals surface area contributed by atoms with Gasteiger partial charge in [-0.3, -0.25) is 24.2 Å². The second kappa shape index (κ2) is 18.2. The lowest BCUT2D eigenvalue weighted by Crippen LogP contribution is -2.58. The van der Waals surface area contributed by atoms with Crippen LogP contribution in [0.2, 0.25) is 0 Å². The van der Waals surface area contributed by atoms with Gasteiger partial charge in [-0.25, -0.2) is 4.79 Å². The summed E-state index contributed by atoms with van der Waals surface area (Å²) in [6.07, 6.45) is 3.78. The average Bonchev–Trinajstić information content (AvgIpc) is 3.52. The van der Waals surface area contributed by atoms with E-state index >= 15 is 0 Å². The lowest BCUT2D eigenvalue weighted by Gasteiger charge is -2.39. The summed E-state index contributed by atoms with van der Waals surface area (Å²) in [5, 5.41) is 1.08. The maximum Gasteiger partial charge on any atom is 0.328 e. The van der Waals surface area contributed by atoms with E-state index in [1.54, 1.807) is 60.6 Å². The number of esters is 1. The van der Waals surface area contributed by atoms with E-state index in [0.29, 0.717) is 24.3 Å². The molecule has 0 aliphatic carbocycles. The molecule has 0 radical (unpaired) electrons. The number of fused-ring (bicyclic) bond motifs is 1. The molecule has 11 heteroatoms. The number of hydrogen-bond acceptors (Lipinski definition) is 8. The zero-order valence-electron chi connectivity index (χ0n) is 33.5. The Morgan fingerprint density at radius 1 is 0.880 bits per heavy atom. The van der Waals surface area contributed by atoms with Gasteiger partial charge in [-0.05, 0) is 62.4 Å². The first-order valence-corrected chi connectivity index (χ1v) is 19.4. The Morgan fingerprint density at radius 2 is 1.46 bits per heavy atom. The van der Waals surface area contributed by atoms with Crippen LogP contribution in [0.25, 0.3) is 0 Å². The highest BCUT2D eigenvalue weighted by atomic mass is 32.2. The highest BCUT2D eigenvalue weighted by molar-refractivity contribution is 8.14. The number of hydrogen-bond donors (Lipinski definition) is 0. The number of carbonyl (C=O) groups excluding carboxylic acids is 5. The van der Waals surface area contributed by atoms with Gasteiger partial charge in [-0.1, -0.05) is 74.8 Å². The van der Waals surface area contributed by atoms with Crippen LogP contribution in [-0.4, -0.2) is 106 Å². The lowest BCUT2D eigenvalue weighted by molar-refractivity contribution is -0.166. The van der Waals surface area contributed by atoms with Gasteiger partial charge in [0.25, 0.3) is 0 Å². The van der Waals surface area contributed by atoms with Crippen molar-refractivity contribution in [2.45, 2.75) is 139 Å². The van der Waals surface area contributed by atoms with E-state index in [0.717, 1.165) is 17.2 Å². The minimum Gasteiger partial charge on any atom is -0.460 e. The van der Waals surface area contributed by atoms with Crippen molar-refractivity contribution in [2.24, 2.45) is 40.0 Å². The maximum absolute atomic E-state index is 14.1. The Bertz CT molecular complexity index is 1310. The minimum atomic E-state index is -0.884. The quantitative estimate of drug-likeness (QED) is 0.309. The highest BCUT2D eigenvalue weighted by Crippen LogP contribution is 2.35. The first kappa shape index (κ1) is 43.5. The second-order valence-corrected chi connectivity index (χ2v) is 17.4. The molecule has 0 saturated carbocycles. The third-order valence-corrected chi connectivity index (χ3v) is 12.4. The topological polar surface area (TPSA) is 117 Å². The summed E-state index contributed by atoms with van der Waals surface area (Å²) in [5.41, 5.74) is 0.260. The smallest absolute Gasteiger partial charge is 0.328 e. The standard InChI is InChI=1S/C39H66N4O6S/c1-16-23(3)33-37(47)42(14)29(9)38(48)49-32(39(10,11)12)18-22(2)17-24(4)27(7)34-40-30(21-50-34)19-25(5)31(44)20-26(6)35(45)41(13)28(8)36(46)43(33)15/h19,22-24,26-30,32-33H,16-18,20-21H2,1-15H3/b25-19+/t22-,23-,24-,26+,27+,28-,29-,30-,32-,33?/m0/s1. The zero-order chi connectivity index (χ0) is 38.4. The predicted molar refractivity (Wildman–Crippen MR) is 203 cm³/mol. The van der Waals surface area contributed by atoms with Crippen LogP contribution in [0.1, 0.15) is 109 Å². The molecule has 1 unspecified atom stereocenters. The van der Waals surface area contributed by atoms with Crippen molar-refractivity contribution in [1.29, 1.82) is 0 Å². The largest absolute Gasteiger partial charge is 0.460 e. The van der Waals surface area contributed by atoms with Gasteiger partial charge < -0.3 is 19.4 Å². The van der Waals surface area contributed by atoms with Gasteiger partial charge in [0.15, 0.2) is 5.78 Å². The van der Waals surface area contributed by atoms with Crippen LogP contribution in [0.15, 0.2) is 16.6 Å². The molecule has 0 spiro atoms. The van der Waals surface area contributed by atoms with Gasteiger partial charge in [-0.15, -0.1) is 11.8 Å². The molecule has 50 heavy (non-hydrogen) atoms. The summed E-state index contributed by atoms with van der Waals surface area (Å²) < 4.78 is 6.20. The van der Waals surface area contributed by atoms with Gasteiger partial charge in [0.2, 0.25) is 17.7 Å². The molecule has 2 rings (SSSR count). The number of Topliss-reactive ketones (excluding diaryl/α,β-unsaturated/α-hetero) is 1. The lowest BCUT2D eigenvalue weighted by atomic mass is 9.80. The fourth-order valence-corrected chi connectivity index (χ4v) is 7.94. The molecule has 2 aliphatic rings. The van der Waals surface area contributed by atoms with Crippen molar-refractivity contribution >= 4 is 46.3 Å². The number of cyclic esters (lactones) is 1. The molecule has 10 atom stereocenters. The van der Waals surface area contributed by atoms with Gasteiger partial charge in [-0.2, -0.15) is 0 Å². The van der Waals surface area contributed by atoms with Crippen LogP contribution < -0.4 is 0 Å². The summed E-state index contributed by atoms with van der Waals surface area (Å²) >= 11 is 1.74. The molecular weight excluding hydrogens is 653 g/mol. The first-order valence-electron chi connectivity index (χ1n) is 18.5. The molecule has 2 bridgehead atoms. The Balaban J connectivity index is 2.53. The normalized spacial score (nSPS) is 34.4. The Labute approximate surface area is 306 Å². The number of rotatable bonds is 2. The molecule has 3 amide bonds. The van der Waals surface area contributed by atoms with Crippen LogP contribution in [0, 0.1) is 35.0 Å². The molecule has 0 aromatic rings. The highest BCUT2D eigenvalue weighted by Gasteiger charge is 2.40. The molecule has 0 aromatic carbocycles. The molecule has 2 heterocycles. The van der Waals surface area contributed by atoms with Gasteiger partial charge in [0.05, 0.1) is 11.1 Å². The van der Waals surface area contributed by atoms with Crippen LogP contribution >= 0.6 is 11.8 Å².